The lowest BCUT2D eigenvalue weighted by Gasteiger charge is -2.03. The van der Waals surface area contributed by atoms with Gasteiger partial charge in [0.25, 0.3) is 0 Å². The molecular formula is C14H15N3O2S. The van der Waals surface area contributed by atoms with Crippen LogP contribution in [0.25, 0.3) is 0 Å². The summed E-state index contributed by atoms with van der Waals surface area (Å²) in [5, 5.41) is 16.7. The van der Waals surface area contributed by atoms with Crippen molar-refractivity contribution < 1.29 is 10.0 Å². The van der Waals surface area contributed by atoms with Crippen molar-refractivity contribution >= 4 is 28.1 Å². The molecule has 2 aromatic rings. The summed E-state index contributed by atoms with van der Waals surface area (Å²) >= 11 is 1.30. The highest BCUT2D eigenvalue weighted by molar-refractivity contribution is 7.14. The quantitative estimate of drug-likeness (QED) is 0.516. The SMILES string of the molecule is CC(=NO)c1csc(NC(=O)Cc2cccc(C)c2)n1. The number of aromatic nitrogens is 1. The van der Waals surface area contributed by atoms with Crippen molar-refractivity contribution in [1.82, 2.24) is 4.98 Å². The van der Waals surface area contributed by atoms with Gasteiger partial charge < -0.3 is 10.5 Å². The van der Waals surface area contributed by atoms with E-state index in [4.69, 9.17) is 5.21 Å². The summed E-state index contributed by atoms with van der Waals surface area (Å²) in [6.45, 7) is 3.64. The lowest BCUT2D eigenvalue weighted by atomic mass is 10.1. The van der Waals surface area contributed by atoms with E-state index in [1.807, 2.05) is 31.2 Å². The Balaban J connectivity index is 2.00. The van der Waals surface area contributed by atoms with Crippen LogP contribution in [0.15, 0.2) is 34.8 Å². The van der Waals surface area contributed by atoms with Gasteiger partial charge in [-0.15, -0.1) is 11.3 Å². The zero-order valence-corrected chi connectivity index (χ0v) is 12.1. The summed E-state index contributed by atoms with van der Waals surface area (Å²) in [6.07, 6.45) is 0.309. The molecule has 0 aliphatic heterocycles. The number of rotatable bonds is 4. The van der Waals surface area contributed by atoms with Gasteiger partial charge in [-0.25, -0.2) is 4.98 Å². The van der Waals surface area contributed by atoms with Crippen LogP contribution in [0.4, 0.5) is 5.13 Å². The van der Waals surface area contributed by atoms with Crippen LogP contribution in [0.2, 0.25) is 0 Å². The molecule has 0 aliphatic rings. The molecule has 104 valence electrons. The average Bonchev–Trinajstić information content (AvgIpc) is 2.86. The van der Waals surface area contributed by atoms with Gasteiger partial charge in [-0.1, -0.05) is 35.0 Å². The molecule has 0 bridgehead atoms. The molecule has 1 heterocycles. The molecule has 0 aliphatic carbocycles. The third-order valence-corrected chi connectivity index (χ3v) is 3.48. The van der Waals surface area contributed by atoms with Gasteiger partial charge in [0.2, 0.25) is 5.91 Å². The smallest absolute Gasteiger partial charge is 0.230 e. The fourth-order valence-corrected chi connectivity index (χ4v) is 2.49. The van der Waals surface area contributed by atoms with Crippen molar-refractivity contribution in [3.63, 3.8) is 0 Å². The summed E-state index contributed by atoms with van der Waals surface area (Å²) in [6, 6.07) is 7.82. The van der Waals surface area contributed by atoms with Crippen LogP contribution in [0.5, 0.6) is 0 Å². The van der Waals surface area contributed by atoms with Crippen LogP contribution in [-0.4, -0.2) is 21.8 Å². The monoisotopic (exact) mass is 289 g/mol. The van der Waals surface area contributed by atoms with E-state index in [0.717, 1.165) is 11.1 Å². The van der Waals surface area contributed by atoms with E-state index in [0.29, 0.717) is 23.0 Å². The molecule has 0 atom stereocenters. The predicted octanol–water partition coefficient (Wildman–Crippen LogP) is 2.83. The summed E-state index contributed by atoms with van der Waals surface area (Å²) in [7, 11) is 0. The van der Waals surface area contributed by atoms with Crippen LogP contribution < -0.4 is 5.32 Å². The van der Waals surface area contributed by atoms with Crippen molar-refractivity contribution in [1.29, 1.82) is 0 Å². The second-order valence-corrected chi connectivity index (χ2v) is 5.30. The van der Waals surface area contributed by atoms with Crippen molar-refractivity contribution in [3.05, 3.63) is 46.5 Å². The molecule has 0 unspecified atom stereocenters. The van der Waals surface area contributed by atoms with Crippen molar-refractivity contribution in [2.75, 3.05) is 5.32 Å². The fraction of sp³-hybridized carbons (Fsp3) is 0.214. The summed E-state index contributed by atoms with van der Waals surface area (Å²) < 4.78 is 0. The van der Waals surface area contributed by atoms with E-state index in [2.05, 4.69) is 15.5 Å². The van der Waals surface area contributed by atoms with E-state index in [9.17, 15) is 4.79 Å². The summed E-state index contributed by atoms with van der Waals surface area (Å²) in [4.78, 5) is 16.1. The highest BCUT2D eigenvalue weighted by Crippen LogP contribution is 2.16. The largest absolute Gasteiger partial charge is 0.411 e. The second-order valence-electron chi connectivity index (χ2n) is 4.44. The second kappa shape index (κ2) is 6.29. The van der Waals surface area contributed by atoms with E-state index >= 15 is 0 Å². The normalized spacial score (nSPS) is 11.4. The van der Waals surface area contributed by atoms with Gasteiger partial charge in [-0.2, -0.15) is 0 Å². The Bertz CT molecular complexity index is 649. The van der Waals surface area contributed by atoms with Crippen LogP contribution in [0, 0.1) is 6.92 Å². The molecule has 0 saturated carbocycles. The van der Waals surface area contributed by atoms with E-state index in [1.165, 1.54) is 11.3 Å². The summed E-state index contributed by atoms with van der Waals surface area (Å²) in [5.74, 6) is -0.116. The molecule has 0 fully saturated rings. The third kappa shape index (κ3) is 3.64. The molecule has 1 aromatic carbocycles. The Morgan fingerprint density at radius 2 is 2.30 bits per heavy atom. The first kappa shape index (κ1) is 14.2. The molecule has 5 nitrogen and oxygen atoms in total. The minimum Gasteiger partial charge on any atom is -0.411 e. The highest BCUT2D eigenvalue weighted by atomic mass is 32.1. The number of nitrogens with one attached hydrogen (secondary N) is 1. The van der Waals surface area contributed by atoms with Crippen LogP contribution in [0.1, 0.15) is 23.7 Å². The zero-order chi connectivity index (χ0) is 14.5. The number of amides is 1. The maximum Gasteiger partial charge on any atom is 0.230 e. The maximum atomic E-state index is 11.9. The van der Waals surface area contributed by atoms with E-state index in [-0.39, 0.29) is 5.91 Å². The first-order valence-electron chi connectivity index (χ1n) is 6.08. The molecule has 2 N–H and O–H groups in total. The molecular weight excluding hydrogens is 274 g/mol. The third-order valence-electron chi connectivity index (χ3n) is 2.72. The Labute approximate surface area is 121 Å². The first-order chi connectivity index (χ1) is 9.58. The minimum atomic E-state index is -0.116. The maximum absolute atomic E-state index is 11.9. The van der Waals surface area contributed by atoms with Gasteiger partial charge in [0.15, 0.2) is 5.13 Å². The van der Waals surface area contributed by atoms with Gasteiger partial charge in [-0.3, -0.25) is 4.79 Å². The average molecular weight is 289 g/mol. The lowest BCUT2D eigenvalue weighted by molar-refractivity contribution is -0.115. The van der Waals surface area contributed by atoms with Crippen molar-refractivity contribution in [2.45, 2.75) is 20.3 Å². The number of aryl methyl sites for hydroxylation is 1. The standard InChI is InChI=1S/C14H15N3O2S/c1-9-4-3-5-11(6-9)7-13(18)16-14-15-12(8-20-14)10(2)17-19/h3-6,8,19H,7H2,1-2H3,(H,15,16,18). The summed E-state index contributed by atoms with van der Waals surface area (Å²) in [5.41, 5.74) is 3.07. The van der Waals surface area contributed by atoms with E-state index in [1.54, 1.807) is 12.3 Å². The number of carbonyl (C=O) groups excluding carboxylic acids is 1. The van der Waals surface area contributed by atoms with Gasteiger partial charge in [-0.05, 0) is 19.4 Å². The van der Waals surface area contributed by atoms with Crippen LogP contribution >= 0.6 is 11.3 Å². The van der Waals surface area contributed by atoms with Crippen molar-refractivity contribution in [2.24, 2.45) is 5.16 Å². The molecule has 0 radical (unpaired) electrons. The highest BCUT2D eigenvalue weighted by Gasteiger charge is 2.09. The number of anilines is 1. The predicted molar refractivity (Wildman–Crippen MR) is 79.6 cm³/mol. The number of oxime groups is 1. The number of benzene rings is 1. The van der Waals surface area contributed by atoms with Gasteiger partial charge >= 0.3 is 0 Å². The molecule has 1 aromatic heterocycles. The Morgan fingerprint density at radius 3 is 3.00 bits per heavy atom. The number of hydrogen-bond donors (Lipinski definition) is 2. The van der Waals surface area contributed by atoms with Gasteiger partial charge in [0, 0.05) is 5.38 Å². The Hall–Kier alpha value is -2.21. The van der Waals surface area contributed by atoms with Crippen molar-refractivity contribution in [3.8, 4) is 0 Å². The fourth-order valence-electron chi connectivity index (χ4n) is 1.72. The van der Waals surface area contributed by atoms with E-state index < -0.39 is 0 Å². The Morgan fingerprint density at radius 1 is 1.50 bits per heavy atom. The molecule has 2 rings (SSSR count). The minimum absolute atomic E-state index is 0.116. The number of carbonyl (C=O) groups is 1. The number of thiazole rings is 1. The molecule has 0 spiro atoms. The molecule has 1 amide bonds. The molecule has 0 saturated heterocycles. The zero-order valence-electron chi connectivity index (χ0n) is 11.3. The number of nitrogens with zero attached hydrogens (tertiary/aromatic N) is 2. The lowest BCUT2D eigenvalue weighted by Crippen LogP contribution is -2.14. The topological polar surface area (TPSA) is 74.6 Å². The Kier molecular flexibility index (Phi) is 4.47. The number of hydrogen-bond acceptors (Lipinski definition) is 5. The van der Waals surface area contributed by atoms with Gasteiger partial charge in [0.1, 0.15) is 11.4 Å². The van der Waals surface area contributed by atoms with Crippen LogP contribution in [-0.2, 0) is 11.2 Å². The molecule has 6 heteroatoms. The molecule has 20 heavy (non-hydrogen) atoms. The van der Waals surface area contributed by atoms with Crippen LogP contribution in [0.3, 0.4) is 0 Å². The van der Waals surface area contributed by atoms with Gasteiger partial charge in [0.05, 0.1) is 6.42 Å². The first-order valence-corrected chi connectivity index (χ1v) is 6.96.